The summed E-state index contributed by atoms with van der Waals surface area (Å²) in [6.07, 6.45) is -0.117. The standard InChI is InChI=1S/C29H28N2O5S/c1-31(37(33,34)25-13-7-4-8-14-25)27(22-17-19-23(35-2)20-18-22)21-29(32)30-26-15-9-10-16-28(26)36-24-11-5-3-6-12-24/h3-20,27H,21H2,1-2H3,(H,30,32)/t27-/m0/s1. The highest BCUT2D eigenvalue weighted by Gasteiger charge is 2.31. The van der Waals surface area contributed by atoms with Crippen LogP contribution in [0.3, 0.4) is 0 Å². The molecule has 0 aliphatic carbocycles. The number of hydrogen-bond acceptors (Lipinski definition) is 5. The van der Waals surface area contributed by atoms with Crippen molar-refractivity contribution in [3.05, 3.63) is 115 Å². The van der Waals surface area contributed by atoms with Gasteiger partial charge in [0.25, 0.3) is 0 Å². The van der Waals surface area contributed by atoms with E-state index in [4.69, 9.17) is 9.47 Å². The molecule has 37 heavy (non-hydrogen) atoms. The monoisotopic (exact) mass is 516 g/mol. The first-order valence-electron chi connectivity index (χ1n) is 11.7. The molecule has 0 saturated carbocycles. The number of carbonyl (C=O) groups is 1. The Morgan fingerprint density at radius 3 is 2.05 bits per heavy atom. The normalized spacial score (nSPS) is 12.1. The van der Waals surface area contributed by atoms with E-state index in [9.17, 15) is 13.2 Å². The number of sulfonamides is 1. The summed E-state index contributed by atoms with van der Waals surface area (Å²) >= 11 is 0. The lowest BCUT2D eigenvalue weighted by atomic mass is 10.0. The molecular weight excluding hydrogens is 488 g/mol. The van der Waals surface area contributed by atoms with E-state index in [1.165, 1.54) is 23.5 Å². The maximum atomic E-state index is 13.4. The summed E-state index contributed by atoms with van der Waals surface area (Å²) in [5, 5.41) is 2.89. The SMILES string of the molecule is COc1ccc([C@H](CC(=O)Nc2ccccc2Oc2ccccc2)N(C)S(=O)(=O)c2ccccc2)cc1. The summed E-state index contributed by atoms with van der Waals surface area (Å²) in [7, 11) is -0.832. The Morgan fingerprint density at radius 1 is 0.811 bits per heavy atom. The van der Waals surface area contributed by atoms with Gasteiger partial charge in [-0.05, 0) is 54.1 Å². The van der Waals surface area contributed by atoms with Crippen molar-refractivity contribution in [2.24, 2.45) is 0 Å². The molecule has 190 valence electrons. The van der Waals surface area contributed by atoms with Gasteiger partial charge in [-0.25, -0.2) is 8.42 Å². The molecular formula is C29H28N2O5S. The van der Waals surface area contributed by atoms with E-state index in [1.54, 1.807) is 67.8 Å². The zero-order valence-corrected chi connectivity index (χ0v) is 21.4. The molecule has 4 aromatic carbocycles. The van der Waals surface area contributed by atoms with E-state index in [2.05, 4.69) is 5.32 Å². The third kappa shape index (κ3) is 6.35. The lowest BCUT2D eigenvalue weighted by molar-refractivity contribution is -0.117. The third-order valence-electron chi connectivity index (χ3n) is 5.87. The van der Waals surface area contributed by atoms with E-state index < -0.39 is 16.1 Å². The van der Waals surface area contributed by atoms with E-state index >= 15 is 0 Å². The third-order valence-corrected chi connectivity index (χ3v) is 7.75. The predicted molar refractivity (Wildman–Crippen MR) is 143 cm³/mol. The van der Waals surface area contributed by atoms with Gasteiger partial charge < -0.3 is 14.8 Å². The summed E-state index contributed by atoms with van der Waals surface area (Å²) in [5.41, 5.74) is 1.14. The number of para-hydroxylation sites is 3. The number of methoxy groups -OCH3 is 1. The van der Waals surface area contributed by atoms with Gasteiger partial charge in [0.05, 0.1) is 23.7 Å². The van der Waals surface area contributed by atoms with E-state index in [0.717, 1.165) is 0 Å². The summed E-state index contributed by atoms with van der Waals surface area (Å²) in [5.74, 6) is 1.38. The average molecular weight is 517 g/mol. The van der Waals surface area contributed by atoms with Gasteiger partial charge in [-0.1, -0.05) is 60.7 Å². The van der Waals surface area contributed by atoms with Crippen molar-refractivity contribution < 1.29 is 22.7 Å². The summed E-state index contributed by atoms with van der Waals surface area (Å²) in [4.78, 5) is 13.4. The predicted octanol–water partition coefficient (Wildman–Crippen LogP) is 5.88. The topological polar surface area (TPSA) is 84.9 Å². The van der Waals surface area contributed by atoms with Gasteiger partial charge in [-0.2, -0.15) is 4.31 Å². The van der Waals surface area contributed by atoms with Crippen LogP contribution in [0.15, 0.2) is 114 Å². The molecule has 4 aromatic rings. The molecule has 0 aliphatic rings. The molecule has 0 aromatic heterocycles. The first-order chi connectivity index (χ1) is 17.9. The van der Waals surface area contributed by atoms with Gasteiger partial charge in [-0.3, -0.25) is 4.79 Å². The summed E-state index contributed by atoms with van der Waals surface area (Å²) in [6.45, 7) is 0. The van der Waals surface area contributed by atoms with Crippen LogP contribution < -0.4 is 14.8 Å². The van der Waals surface area contributed by atoms with E-state index in [1.807, 2.05) is 36.4 Å². The fraction of sp³-hybridized carbons (Fsp3) is 0.138. The van der Waals surface area contributed by atoms with Crippen LogP contribution in [0.2, 0.25) is 0 Å². The Labute approximate surface area is 217 Å². The van der Waals surface area contributed by atoms with Crippen LogP contribution in [0.4, 0.5) is 5.69 Å². The Morgan fingerprint density at radius 2 is 1.41 bits per heavy atom. The first-order valence-corrected chi connectivity index (χ1v) is 13.1. The molecule has 0 saturated heterocycles. The number of carbonyl (C=O) groups excluding carboxylic acids is 1. The Bertz CT molecular complexity index is 1430. The van der Waals surface area contributed by atoms with Crippen LogP contribution in [0.5, 0.6) is 17.2 Å². The van der Waals surface area contributed by atoms with Crippen LogP contribution in [-0.2, 0) is 14.8 Å². The Kier molecular flexibility index (Phi) is 8.22. The van der Waals surface area contributed by atoms with Crippen LogP contribution in [0.25, 0.3) is 0 Å². The number of benzene rings is 4. The largest absolute Gasteiger partial charge is 0.497 e. The maximum Gasteiger partial charge on any atom is 0.243 e. The molecule has 0 spiro atoms. The van der Waals surface area contributed by atoms with Crippen molar-refractivity contribution in [3.63, 3.8) is 0 Å². The number of nitrogens with zero attached hydrogens (tertiary/aromatic N) is 1. The van der Waals surface area contributed by atoms with Crippen molar-refractivity contribution in [3.8, 4) is 17.2 Å². The number of hydrogen-bond donors (Lipinski definition) is 1. The van der Waals surface area contributed by atoms with Gasteiger partial charge >= 0.3 is 0 Å². The average Bonchev–Trinajstić information content (AvgIpc) is 2.93. The fourth-order valence-electron chi connectivity index (χ4n) is 3.86. The minimum Gasteiger partial charge on any atom is -0.497 e. The highest BCUT2D eigenvalue weighted by Crippen LogP contribution is 2.32. The molecule has 0 radical (unpaired) electrons. The molecule has 8 heteroatoms. The molecule has 0 heterocycles. The van der Waals surface area contributed by atoms with Gasteiger partial charge in [0.1, 0.15) is 11.5 Å². The fourth-order valence-corrected chi connectivity index (χ4v) is 5.22. The number of amides is 1. The maximum absolute atomic E-state index is 13.4. The molecule has 4 rings (SSSR count). The molecule has 0 fully saturated rings. The highest BCUT2D eigenvalue weighted by molar-refractivity contribution is 7.89. The molecule has 0 bridgehead atoms. The van der Waals surface area contributed by atoms with Crippen molar-refractivity contribution in [2.75, 3.05) is 19.5 Å². The molecule has 7 nitrogen and oxygen atoms in total. The van der Waals surface area contributed by atoms with Crippen molar-refractivity contribution in [2.45, 2.75) is 17.4 Å². The van der Waals surface area contributed by atoms with Crippen LogP contribution in [-0.4, -0.2) is 32.8 Å². The van der Waals surface area contributed by atoms with Gasteiger partial charge in [0.15, 0.2) is 5.75 Å². The summed E-state index contributed by atoms with van der Waals surface area (Å²) < 4.78 is 39.3. The first kappa shape index (κ1) is 25.9. The smallest absolute Gasteiger partial charge is 0.243 e. The minimum absolute atomic E-state index is 0.117. The lowest BCUT2D eigenvalue weighted by Gasteiger charge is -2.28. The molecule has 0 aliphatic heterocycles. The molecule has 0 unspecified atom stereocenters. The minimum atomic E-state index is -3.87. The quantitative estimate of drug-likeness (QED) is 0.285. The second kappa shape index (κ2) is 11.7. The molecule has 1 atom stereocenters. The van der Waals surface area contributed by atoms with Crippen LogP contribution >= 0.6 is 0 Å². The number of rotatable bonds is 10. The zero-order chi connectivity index (χ0) is 26.3. The molecule has 1 N–H and O–H groups in total. The van der Waals surface area contributed by atoms with Crippen molar-refractivity contribution in [1.29, 1.82) is 0 Å². The molecule has 1 amide bonds. The summed E-state index contributed by atoms with van der Waals surface area (Å²) in [6, 6.07) is 30.8. The second-order valence-corrected chi connectivity index (χ2v) is 10.3. The number of nitrogens with one attached hydrogen (secondary N) is 1. The van der Waals surface area contributed by atoms with Gasteiger partial charge in [0.2, 0.25) is 15.9 Å². The number of anilines is 1. The van der Waals surface area contributed by atoms with E-state index in [-0.39, 0.29) is 17.2 Å². The van der Waals surface area contributed by atoms with E-state index in [0.29, 0.717) is 28.5 Å². The van der Waals surface area contributed by atoms with Crippen molar-refractivity contribution in [1.82, 2.24) is 4.31 Å². The highest BCUT2D eigenvalue weighted by atomic mass is 32.2. The van der Waals surface area contributed by atoms with Crippen LogP contribution in [0.1, 0.15) is 18.0 Å². The number of ether oxygens (including phenoxy) is 2. The van der Waals surface area contributed by atoms with Gasteiger partial charge in [0, 0.05) is 13.5 Å². The Balaban J connectivity index is 1.60. The second-order valence-electron chi connectivity index (χ2n) is 8.29. The zero-order valence-electron chi connectivity index (χ0n) is 20.6. The lowest BCUT2D eigenvalue weighted by Crippen LogP contribution is -2.33. The Hall–Kier alpha value is -4.14. The van der Waals surface area contributed by atoms with Crippen LogP contribution in [0, 0.1) is 0 Å². The van der Waals surface area contributed by atoms with Gasteiger partial charge in [-0.15, -0.1) is 0 Å². The van der Waals surface area contributed by atoms with Crippen molar-refractivity contribution >= 4 is 21.6 Å².